The van der Waals surface area contributed by atoms with Crippen molar-refractivity contribution in [1.82, 2.24) is 9.94 Å². The Morgan fingerprint density at radius 2 is 2.16 bits per heavy atom. The highest BCUT2D eigenvalue weighted by Gasteiger charge is 2.25. The van der Waals surface area contributed by atoms with Crippen molar-refractivity contribution in [2.24, 2.45) is 5.41 Å². The van der Waals surface area contributed by atoms with Crippen molar-refractivity contribution in [2.75, 3.05) is 0 Å². The van der Waals surface area contributed by atoms with Gasteiger partial charge >= 0.3 is 5.97 Å². The summed E-state index contributed by atoms with van der Waals surface area (Å²) < 4.78 is 13.7. The number of carbonyl (C=O) groups is 1. The third kappa shape index (κ3) is 2.71. The second kappa shape index (κ2) is 4.81. The van der Waals surface area contributed by atoms with Crippen LogP contribution in [0.4, 0.5) is 4.39 Å². The Kier molecular flexibility index (Phi) is 3.49. The molecule has 0 aliphatic rings. The molecular weight excluding hydrogens is 271 g/mol. The highest BCUT2D eigenvalue weighted by Crippen LogP contribution is 2.21. The second-order valence-electron chi connectivity index (χ2n) is 5.28. The van der Waals surface area contributed by atoms with Crippen molar-refractivity contribution in [1.29, 1.82) is 0 Å². The molecule has 19 heavy (non-hydrogen) atoms. The maximum Gasteiger partial charge on any atom is 0.340 e. The normalized spacial score (nSPS) is 11.8. The lowest BCUT2D eigenvalue weighted by molar-refractivity contribution is -0.154. The van der Waals surface area contributed by atoms with Crippen LogP contribution in [0.2, 0.25) is 0 Å². The summed E-state index contributed by atoms with van der Waals surface area (Å²) in [6, 6.07) is 2.85. The number of nitrogens with zero attached hydrogens (tertiary/aromatic N) is 2. The SMILES string of the molecule is CC(C)(C)C(=O)On1ncc2cc(CCl)c(F)cc21. The van der Waals surface area contributed by atoms with Crippen LogP contribution in [-0.4, -0.2) is 15.9 Å². The van der Waals surface area contributed by atoms with Gasteiger partial charge in [0, 0.05) is 17.0 Å². The third-order valence-electron chi connectivity index (χ3n) is 2.63. The van der Waals surface area contributed by atoms with Crippen LogP contribution in [0, 0.1) is 11.2 Å². The van der Waals surface area contributed by atoms with Crippen LogP contribution in [0.15, 0.2) is 18.3 Å². The zero-order valence-electron chi connectivity index (χ0n) is 10.9. The lowest BCUT2D eigenvalue weighted by Crippen LogP contribution is -2.31. The van der Waals surface area contributed by atoms with Crippen molar-refractivity contribution in [2.45, 2.75) is 26.7 Å². The summed E-state index contributed by atoms with van der Waals surface area (Å²) >= 11 is 5.63. The molecule has 0 N–H and O–H groups in total. The second-order valence-corrected chi connectivity index (χ2v) is 5.55. The maximum atomic E-state index is 13.7. The number of aromatic nitrogens is 2. The molecule has 0 saturated carbocycles. The summed E-state index contributed by atoms with van der Waals surface area (Å²) in [6.07, 6.45) is 1.50. The average molecular weight is 285 g/mol. The molecule has 2 rings (SSSR count). The minimum atomic E-state index is -0.660. The molecule has 1 aromatic carbocycles. The number of fused-ring (bicyclic) bond motifs is 1. The molecule has 6 heteroatoms. The van der Waals surface area contributed by atoms with Gasteiger partial charge in [-0.15, -0.1) is 16.7 Å². The van der Waals surface area contributed by atoms with Crippen LogP contribution in [0.3, 0.4) is 0 Å². The van der Waals surface area contributed by atoms with E-state index < -0.39 is 17.2 Å². The van der Waals surface area contributed by atoms with E-state index >= 15 is 0 Å². The molecule has 0 amide bonds. The highest BCUT2D eigenvalue weighted by atomic mass is 35.5. The van der Waals surface area contributed by atoms with Crippen LogP contribution in [-0.2, 0) is 10.7 Å². The minimum absolute atomic E-state index is 0.0781. The zero-order chi connectivity index (χ0) is 14.2. The average Bonchev–Trinajstić information content (AvgIpc) is 2.69. The van der Waals surface area contributed by atoms with E-state index in [4.69, 9.17) is 16.4 Å². The first-order valence-electron chi connectivity index (χ1n) is 5.78. The van der Waals surface area contributed by atoms with Crippen molar-refractivity contribution >= 4 is 28.5 Å². The van der Waals surface area contributed by atoms with E-state index in [-0.39, 0.29) is 5.88 Å². The summed E-state index contributed by atoms with van der Waals surface area (Å²) in [4.78, 5) is 17.9. The van der Waals surface area contributed by atoms with Crippen LogP contribution >= 0.6 is 11.6 Å². The number of alkyl halides is 1. The third-order valence-corrected chi connectivity index (χ3v) is 2.92. The van der Waals surface area contributed by atoms with E-state index in [0.29, 0.717) is 16.5 Å². The van der Waals surface area contributed by atoms with Gasteiger partial charge in [-0.25, -0.2) is 9.18 Å². The Bertz CT molecular complexity index is 631. The van der Waals surface area contributed by atoms with Gasteiger partial charge in [0.1, 0.15) is 11.3 Å². The highest BCUT2D eigenvalue weighted by molar-refractivity contribution is 6.17. The van der Waals surface area contributed by atoms with Crippen molar-refractivity contribution in [3.63, 3.8) is 0 Å². The number of benzene rings is 1. The van der Waals surface area contributed by atoms with Gasteiger partial charge < -0.3 is 4.84 Å². The van der Waals surface area contributed by atoms with Crippen LogP contribution < -0.4 is 4.84 Å². The van der Waals surface area contributed by atoms with Crippen LogP contribution in [0.5, 0.6) is 0 Å². The first kappa shape index (κ1) is 13.8. The fourth-order valence-electron chi connectivity index (χ4n) is 1.46. The van der Waals surface area contributed by atoms with Gasteiger partial charge in [-0.05, 0) is 26.8 Å². The van der Waals surface area contributed by atoms with Crippen molar-refractivity contribution < 1.29 is 14.0 Å². The lowest BCUT2D eigenvalue weighted by atomic mass is 9.98. The molecule has 102 valence electrons. The Morgan fingerprint density at radius 3 is 2.74 bits per heavy atom. The maximum absolute atomic E-state index is 13.7. The fourth-order valence-corrected chi connectivity index (χ4v) is 1.67. The molecule has 0 aliphatic carbocycles. The van der Waals surface area contributed by atoms with E-state index in [9.17, 15) is 9.18 Å². The van der Waals surface area contributed by atoms with Gasteiger partial charge in [-0.1, -0.05) is 4.85 Å². The molecule has 0 saturated heterocycles. The predicted octanol–water partition coefficient (Wildman–Crippen LogP) is 2.92. The monoisotopic (exact) mass is 284 g/mol. The van der Waals surface area contributed by atoms with Gasteiger partial charge in [-0.2, -0.15) is 0 Å². The Hall–Kier alpha value is -1.62. The summed E-state index contributed by atoms with van der Waals surface area (Å²) in [6.45, 7) is 5.19. The Balaban J connectivity index is 2.41. The topological polar surface area (TPSA) is 44.1 Å². The van der Waals surface area contributed by atoms with Gasteiger partial charge in [0.15, 0.2) is 0 Å². The molecule has 1 aromatic heterocycles. The van der Waals surface area contributed by atoms with Gasteiger partial charge in [0.25, 0.3) is 0 Å². The first-order valence-corrected chi connectivity index (χ1v) is 6.31. The van der Waals surface area contributed by atoms with E-state index in [0.717, 1.165) is 4.85 Å². The summed E-state index contributed by atoms with van der Waals surface area (Å²) in [5.74, 6) is -0.815. The Morgan fingerprint density at radius 1 is 1.47 bits per heavy atom. The summed E-state index contributed by atoms with van der Waals surface area (Å²) in [7, 11) is 0. The van der Waals surface area contributed by atoms with Crippen molar-refractivity contribution in [3.05, 3.63) is 29.7 Å². The van der Waals surface area contributed by atoms with E-state index in [2.05, 4.69) is 5.10 Å². The summed E-state index contributed by atoms with van der Waals surface area (Å²) in [5.41, 5.74) is 0.118. The molecule has 0 atom stereocenters. The largest absolute Gasteiger partial charge is 0.340 e. The van der Waals surface area contributed by atoms with E-state index in [1.165, 1.54) is 12.3 Å². The molecule has 0 unspecified atom stereocenters. The number of rotatable bonds is 2. The molecule has 0 bridgehead atoms. The van der Waals surface area contributed by atoms with Crippen LogP contribution in [0.25, 0.3) is 10.9 Å². The predicted molar refractivity (Wildman–Crippen MR) is 70.3 cm³/mol. The zero-order valence-corrected chi connectivity index (χ0v) is 11.7. The summed E-state index contributed by atoms with van der Waals surface area (Å²) in [5, 5.41) is 4.59. The molecule has 2 aromatic rings. The standard InChI is InChI=1S/C13H14ClFN2O2/c1-13(2,3)12(18)19-17-11-5-10(15)8(6-14)4-9(11)7-16-17/h4-5,7H,6H2,1-3H3. The minimum Gasteiger partial charge on any atom is -0.318 e. The molecular formula is C13H14ClFN2O2. The van der Waals surface area contributed by atoms with Gasteiger partial charge in [0.05, 0.1) is 17.5 Å². The number of halogens is 2. The molecule has 0 radical (unpaired) electrons. The fraction of sp³-hybridized carbons (Fsp3) is 0.385. The number of hydrogen-bond acceptors (Lipinski definition) is 3. The lowest BCUT2D eigenvalue weighted by Gasteiger charge is -2.15. The van der Waals surface area contributed by atoms with Crippen molar-refractivity contribution in [3.8, 4) is 0 Å². The smallest absolute Gasteiger partial charge is 0.318 e. The van der Waals surface area contributed by atoms with Gasteiger partial charge in [0.2, 0.25) is 0 Å². The Labute approximate surface area is 115 Å². The molecule has 1 heterocycles. The molecule has 0 spiro atoms. The van der Waals surface area contributed by atoms with E-state index in [1.54, 1.807) is 26.8 Å². The van der Waals surface area contributed by atoms with Crippen LogP contribution in [0.1, 0.15) is 26.3 Å². The van der Waals surface area contributed by atoms with Gasteiger partial charge in [-0.3, -0.25) is 0 Å². The molecule has 0 aliphatic heterocycles. The number of carbonyl (C=O) groups excluding carboxylic acids is 1. The molecule has 4 nitrogen and oxygen atoms in total. The number of hydrogen-bond donors (Lipinski definition) is 0. The quantitative estimate of drug-likeness (QED) is 0.797. The first-order chi connectivity index (χ1) is 8.82. The van der Waals surface area contributed by atoms with E-state index in [1.807, 2.05) is 0 Å². The molecule has 0 fully saturated rings.